The number of H-pyrrole nitrogens is 1. The van der Waals surface area contributed by atoms with E-state index in [1.54, 1.807) is 24.7 Å². The van der Waals surface area contributed by atoms with Crippen LogP contribution in [0.1, 0.15) is 11.1 Å². The van der Waals surface area contributed by atoms with Crippen LogP contribution in [0.2, 0.25) is 0 Å². The van der Waals surface area contributed by atoms with Gasteiger partial charge >= 0.3 is 0 Å². The Morgan fingerprint density at radius 1 is 1.13 bits per heavy atom. The fraction of sp³-hybridized carbons (Fsp3) is 0.118. The molecule has 23 heavy (non-hydrogen) atoms. The summed E-state index contributed by atoms with van der Waals surface area (Å²) in [6.07, 6.45) is 3.32. The summed E-state index contributed by atoms with van der Waals surface area (Å²) in [5.74, 6) is -0.0447. The summed E-state index contributed by atoms with van der Waals surface area (Å²) in [7, 11) is -3.44. The number of imidazole rings is 1. The number of rotatable bonds is 5. The van der Waals surface area contributed by atoms with Crippen molar-refractivity contribution in [3.63, 3.8) is 0 Å². The highest BCUT2D eigenvalue weighted by molar-refractivity contribution is 7.91. The quantitative estimate of drug-likeness (QED) is 0.755. The van der Waals surface area contributed by atoms with Gasteiger partial charge in [-0.25, -0.2) is 13.4 Å². The molecule has 0 aliphatic rings. The van der Waals surface area contributed by atoms with Gasteiger partial charge in [0, 0.05) is 5.69 Å². The van der Waals surface area contributed by atoms with Crippen LogP contribution < -0.4 is 4.72 Å². The van der Waals surface area contributed by atoms with Gasteiger partial charge in [-0.15, -0.1) is 0 Å². The Bertz CT molecular complexity index is 886. The maximum Gasteiger partial charge on any atom is 0.236 e. The van der Waals surface area contributed by atoms with E-state index < -0.39 is 10.0 Å². The van der Waals surface area contributed by atoms with Crippen molar-refractivity contribution in [1.82, 2.24) is 9.97 Å². The number of nitrogens with zero attached hydrogens (tertiary/aromatic N) is 1. The highest BCUT2D eigenvalue weighted by Gasteiger charge is 2.12. The molecule has 3 rings (SSSR count). The van der Waals surface area contributed by atoms with Crippen molar-refractivity contribution in [3.8, 4) is 11.3 Å². The third-order valence-corrected chi connectivity index (χ3v) is 4.67. The minimum absolute atomic E-state index is 0.0447. The van der Waals surface area contributed by atoms with Gasteiger partial charge in [-0.2, -0.15) is 0 Å². The number of aromatic nitrogens is 2. The van der Waals surface area contributed by atoms with Crippen molar-refractivity contribution in [3.05, 3.63) is 72.2 Å². The maximum atomic E-state index is 12.3. The molecule has 0 saturated heterocycles. The van der Waals surface area contributed by atoms with Gasteiger partial charge in [0.1, 0.15) is 0 Å². The fourth-order valence-corrected chi connectivity index (χ4v) is 3.55. The molecule has 3 aromatic rings. The molecule has 0 aliphatic carbocycles. The Labute approximate surface area is 135 Å². The van der Waals surface area contributed by atoms with Crippen LogP contribution in [0.15, 0.2) is 61.1 Å². The van der Waals surface area contributed by atoms with Crippen LogP contribution in [0.5, 0.6) is 0 Å². The molecule has 0 aliphatic heterocycles. The maximum absolute atomic E-state index is 12.3. The van der Waals surface area contributed by atoms with E-state index >= 15 is 0 Å². The summed E-state index contributed by atoms with van der Waals surface area (Å²) in [5.41, 5.74) is 4.19. The highest BCUT2D eigenvalue weighted by atomic mass is 32.2. The Kier molecular flexibility index (Phi) is 4.16. The molecule has 1 aromatic heterocycles. The van der Waals surface area contributed by atoms with E-state index in [9.17, 15) is 8.42 Å². The average molecular weight is 327 g/mol. The van der Waals surface area contributed by atoms with Crippen LogP contribution in [0.3, 0.4) is 0 Å². The molecule has 2 aromatic carbocycles. The lowest BCUT2D eigenvalue weighted by Crippen LogP contribution is -2.15. The highest BCUT2D eigenvalue weighted by Crippen LogP contribution is 2.20. The van der Waals surface area contributed by atoms with Gasteiger partial charge in [-0.05, 0) is 30.2 Å². The van der Waals surface area contributed by atoms with Gasteiger partial charge in [0.15, 0.2) is 0 Å². The Balaban J connectivity index is 1.73. The Morgan fingerprint density at radius 2 is 1.91 bits per heavy atom. The second-order valence-electron chi connectivity index (χ2n) is 5.39. The summed E-state index contributed by atoms with van der Waals surface area (Å²) < 4.78 is 27.1. The normalized spacial score (nSPS) is 11.3. The van der Waals surface area contributed by atoms with E-state index in [1.807, 2.05) is 43.3 Å². The number of hydrogen-bond donors (Lipinski definition) is 2. The molecule has 5 nitrogen and oxygen atoms in total. The molecule has 0 saturated carbocycles. The molecule has 0 amide bonds. The molecule has 2 N–H and O–H groups in total. The number of aryl methyl sites for hydroxylation is 1. The minimum Gasteiger partial charge on any atom is -0.345 e. The van der Waals surface area contributed by atoms with Gasteiger partial charge in [-0.1, -0.05) is 42.0 Å². The smallest absolute Gasteiger partial charge is 0.236 e. The van der Waals surface area contributed by atoms with Crippen molar-refractivity contribution in [1.29, 1.82) is 0 Å². The van der Waals surface area contributed by atoms with Crippen LogP contribution in [-0.4, -0.2) is 18.4 Å². The van der Waals surface area contributed by atoms with Crippen LogP contribution in [0.25, 0.3) is 11.3 Å². The first kappa shape index (κ1) is 15.3. The van der Waals surface area contributed by atoms with Gasteiger partial charge in [0.2, 0.25) is 10.0 Å². The largest absolute Gasteiger partial charge is 0.345 e. The Morgan fingerprint density at radius 3 is 2.57 bits per heavy atom. The van der Waals surface area contributed by atoms with Gasteiger partial charge < -0.3 is 4.98 Å². The molecule has 0 unspecified atom stereocenters. The number of benzene rings is 2. The first-order valence-electron chi connectivity index (χ1n) is 7.17. The number of hydrogen-bond acceptors (Lipinski definition) is 3. The zero-order chi connectivity index (χ0) is 16.3. The fourth-order valence-electron chi connectivity index (χ4n) is 2.37. The van der Waals surface area contributed by atoms with E-state index in [-0.39, 0.29) is 5.75 Å². The molecule has 0 bridgehead atoms. The predicted octanol–water partition coefficient (Wildman–Crippen LogP) is 3.33. The first-order chi connectivity index (χ1) is 11.0. The second-order valence-corrected chi connectivity index (χ2v) is 7.12. The molecule has 118 valence electrons. The van der Waals surface area contributed by atoms with Gasteiger partial charge in [0.25, 0.3) is 0 Å². The molecular formula is C17H17N3O2S. The SMILES string of the molecule is Cc1cccc(CS(=O)(=O)Nc2ccc(-c3cnc[nH]3)cc2)c1. The van der Waals surface area contributed by atoms with Crippen molar-refractivity contribution in [2.75, 3.05) is 4.72 Å². The van der Waals surface area contributed by atoms with Crippen molar-refractivity contribution >= 4 is 15.7 Å². The van der Waals surface area contributed by atoms with E-state index in [0.29, 0.717) is 5.69 Å². The summed E-state index contributed by atoms with van der Waals surface area (Å²) in [4.78, 5) is 6.98. The summed E-state index contributed by atoms with van der Waals surface area (Å²) in [6, 6.07) is 14.7. The van der Waals surface area contributed by atoms with Gasteiger partial charge in [0.05, 0.1) is 24.0 Å². The first-order valence-corrected chi connectivity index (χ1v) is 8.82. The van der Waals surface area contributed by atoms with Crippen molar-refractivity contribution in [2.45, 2.75) is 12.7 Å². The van der Waals surface area contributed by atoms with E-state index in [4.69, 9.17) is 0 Å². The molecule has 1 heterocycles. The predicted molar refractivity (Wildman–Crippen MR) is 91.4 cm³/mol. The zero-order valence-electron chi connectivity index (χ0n) is 12.7. The van der Waals surface area contributed by atoms with Crippen LogP contribution in [0.4, 0.5) is 5.69 Å². The standard InChI is InChI=1S/C17H17N3O2S/c1-13-3-2-4-14(9-13)11-23(21,22)20-16-7-5-15(6-8-16)17-10-18-12-19-17/h2-10,12,20H,11H2,1H3,(H,18,19). The van der Waals surface area contributed by atoms with E-state index in [2.05, 4.69) is 14.7 Å². The number of nitrogens with one attached hydrogen (secondary N) is 2. The molecule has 0 spiro atoms. The molecular weight excluding hydrogens is 310 g/mol. The molecule has 0 radical (unpaired) electrons. The number of sulfonamides is 1. The van der Waals surface area contributed by atoms with E-state index in [0.717, 1.165) is 22.4 Å². The number of aromatic amines is 1. The van der Waals surface area contributed by atoms with E-state index in [1.165, 1.54) is 0 Å². The van der Waals surface area contributed by atoms with Crippen molar-refractivity contribution in [2.24, 2.45) is 0 Å². The lowest BCUT2D eigenvalue weighted by atomic mass is 10.1. The lowest BCUT2D eigenvalue weighted by Gasteiger charge is -2.09. The van der Waals surface area contributed by atoms with Crippen LogP contribution in [-0.2, 0) is 15.8 Å². The monoisotopic (exact) mass is 327 g/mol. The minimum atomic E-state index is -3.44. The summed E-state index contributed by atoms with van der Waals surface area (Å²) >= 11 is 0. The lowest BCUT2D eigenvalue weighted by molar-refractivity contribution is 0.600. The molecule has 0 atom stereocenters. The summed E-state index contributed by atoms with van der Waals surface area (Å²) in [5, 5.41) is 0. The summed E-state index contributed by atoms with van der Waals surface area (Å²) in [6.45, 7) is 1.94. The zero-order valence-corrected chi connectivity index (χ0v) is 13.5. The average Bonchev–Trinajstić information content (AvgIpc) is 3.01. The Hall–Kier alpha value is -2.60. The number of anilines is 1. The second kappa shape index (κ2) is 6.26. The van der Waals surface area contributed by atoms with Gasteiger partial charge in [-0.3, -0.25) is 4.72 Å². The van der Waals surface area contributed by atoms with Crippen molar-refractivity contribution < 1.29 is 8.42 Å². The van der Waals surface area contributed by atoms with Crippen LogP contribution in [0, 0.1) is 6.92 Å². The third kappa shape index (κ3) is 3.98. The molecule has 6 heteroatoms. The topological polar surface area (TPSA) is 74.8 Å². The van der Waals surface area contributed by atoms with Crippen LogP contribution >= 0.6 is 0 Å². The molecule has 0 fully saturated rings. The third-order valence-electron chi connectivity index (χ3n) is 3.41.